The van der Waals surface area contributed by atoms with Crippen molar-refractivity contribution in [1.29, 1.82) is 0 Å². The highest BCUT2D eigenvalue weighted by Crippen LogP contribution is 2.74. The van der Waals surface area contributed by atoms with Gasteiger partial charge in [-0.3, -0.25) is 0 Å². The molecule has 0 N–H and O–H groups in total. The molecule has 7 aliphatic carbocycles. The zero-order valence-corrected chi connectivity index (χ0v) is 39.3. The second kappa shape index (κ2) is 13.0. The Hall–Kier alpha value is -4.24. The third-order valence-corrected chi connectivity index (χ3v) is 16.6. The normalized spacial score (nSPS) is 32.3. The lowest BCUT2D eigenvalue weighted by atomic mass is 9.31. The van der Waals surface area contributed by atoms with Crippen LogP contribution in [0, 0.1) is 41.4 Å². The van der Waals surface area contributed by atoms with Gasteiger partial charge in [0.15, 0.2) is 0 Å². The van der Waals surface area contributed by atoms with Gasteiger partial charge in [-0.15, -0.1) is 0 Å². The van der Waals surface area contributed by atoms with Gasteiger partial charge in [0.1, 0.15) is 0 Å². The molecule has 3 heteroatoms. The quantitative estimate of drug-likeness (QED) is 0.164. The maximum absolute atomic E-state index is 11.1. The topological polar surface area (TPSA) is 6.48 Å². The maximum atomic E-state index is 11.1. The Morgan fingerprint density at radius 3 is 1.14 bits per heavy atom. The first-order chi connectivity index (χ1) is 36.4. The predicted octanol–water partition coefficient (Wildman–Crippen LogP) is 13.9. The highest BCUT2D eigenvalue weighted by Gasteiger charge is 2.67. The van der Waals surface area contributed by atoms with E-state index in [4.69, 9.17) is 0 Å². The molecule has 5 aromatic rings. The van der Waals surface area contributed by atoms with E-state index >= 15 is 0 Å². The molecule has 324 valence electrons. The molecule has 0 radical (unpaired) electrons. The van der Waals surface area contributed by atoms with Crippen LogP contribution in [0.5, 0.6) is 0 Å². The van der Waals surface area contributed by atoms with Crippen LogP contribution in [0.15, 0.2) is 96.7 Å². The van der Waals surface area contributed by atoms with Crippen molar-refractivity contribution in [2.75, 3.05) is 9.80 Å². The summed E-state index contributed by atoms with van der Waals surface area (Å²) in [5.41, 5.74) is -4.56. The Labute approximate surface area is 402 Å². The first-order valence-corrected chi connectivity index (χ1v) is 23.7. The van der Waals surface area contributed by atoms with Crippen LogP contribution in [0.4, 0.5) is 34.1 Å². The molecule has 0 atom stereocenters. The second-order valence-corrected chi connectivity index (χ2v) is 24.8. The highest BCUT2D eigenvalue weighted by molar-refractivity contribution is 7.00. The van der Waals surface area contributed by atoms with E-state index in [0.29, 0.717) is 66.3 Å². The molecule has 2 nitrogen and oxygen atoms in total. The molecular formula is C60H71BN2. The first kappa shape index (κ1) is 26.7. The maximum Gasteiger partial charge on any atom is 0.252 e. The fourth-order valence-electron chi connectivity index (χ4n) is 13.7. The summed E-state index contributed by atoms with van der Waals surface area (Å²) in [4.78, 5) is 2.74. The van der Waals surface area contributed by atoms with E-state index in [9.17, 15) is 21.9 Å². The van der Waals surface area contributed by atoms with Crippen molar-refractivity contribution in [3.8, 4) is 0 Å². The summed E-state index contributed by atoms with van der Waals surface area (Å²) in [6, 6.07) is -5.69. The van der Waals surface area contributed by atoms with Crippen molar-refractivity contribution in [2.45, 2.75) is 149 Å². The van der Waals surface area contributed by atoms with E-state index in [1.165, 1.54) is 9.80 Å². The molecule has 7 saturated carbocycles. The first-order valence-electron chi connectivity index (χ1n) is 31.7. The fraction of sp³-hybridized carbons (Fsp3) is 0.500. The van der Waals surface area contributed by atoms with E-state index in [-0.39, 0.29) is 133 Å². The number of hydrogen-bond acceptors (Lipinski definition) is 2. The highest BCUT2D eigenvalue weighted by atomic mass is 15.2. The molecule has 9 aliphatic rings. The van der Waals surface area contributed by atoms with Crippen molar-refractivity contribution in [1.82, 2.24) is 0 Å². The van der Waals surface area contributed by atoms with Crippen LogP contribution in [-0.2, 0) is 27.1 Å². The lowest BCUT2D eigenvalue weighted by molar-refractivity contribution is -0.212. The van der Waals surface area contributed by atoms with E-state index in [1.807, 2.05) is 41.5 Å². The average Bonchev–Trinajstić information content (AvgIpc) is 2.28. The van der Waals surface area contributed by atoms with E-state index < -0.39 is 70.0 Å². The van der Waals surface area contributed by atoms with Gasteiger partial charge in [0, 0.05) is 34.1 Å². The minimum absolute atomic E-state index is 0.0131. The molecule has 0 amide bonds. The standard InChI is InChI=1S/C60H71BN2/c1-56(2,3)36-13-19-41(20-14-36)62-51-23-17-38(58(7,8)9)28-49(51)61-50-29-39(59(10,11)12)18-24-52(50)63(42-21-15-37(16-22-42)57(4,5)6)54-31-40(30-53(62)55(54)61)60-32-46-43-25-35-26-44(46)48(34-60)45(27-35)47(43)33-60/h13-24,28-31,35,43-48H,25-27,32-34H2,1-12H3/i13D,14D,15D,16D,17D,18D,19D,20D,21D,22D,23D,24D,28D,29D,30D,31D. The van der Waals surface area contributed by atoms with Gasteiger partial charge < -0.3 is 9.80 Å². The summed E-state index contributed by atoms with van der Waals surface area (Å²) in [7, 11) is 0. The summed E-state index contributed by atoms with van der Waals surface area (Å²) in [6.07, 6.45) is 5.52. The van der Waals surface area contributed by atoms with Crippen molar-refractivity contribution < 1.29 is 21.9 Å². The predicted molar refractivity (Wildman–Crippen MR) is 269 cm³/mol. The monoisotopic (exact) mass is 847 g/mol. The summed E-state index contributed by atoms with van der Waals surface area (Å²) in [5, 5.41) is 0. The third-order valence-electron chi connectivity index (χ3n) is 16.6. The van der Waals surface area contributed by atoms with Gasteiger partial charge in [-0.25, -0.2) is 0 Å². The molecule has 2 heterocycles. The molecular weight excluding hydrogens is 759 g/mol. The van der Waals surface area contributed by atoms with Crippen molar-refractivity contribution in [2.24, 2.45) is 41.4 Å². The zero-order chi connectivity index (χ0) is 57.8. The lowest BCUT2D eigenvalue weighted by Crippen LogP contribution is -2.66. The van der Waals surface area contributed by atoms with Crippen LogP contribution in [0.25, 0.3) is 0 Å². The summed E-state index contributed by atoms with van der Waals surface area (Å²) in [6.45, 7) is 20.3. The van der Waals surface area contributed by atoms with Gasteiger partial charge >= 0.3 is 0 Å². The van der Waals surface area contributed by atoms with Crippen molar-refractivity contribution in [3.63, 3.8) is 0 Å². The molecule has 7 fully saturated rings. The molecule has 0 aromatic heterocycles. The SMILES string of the molecule is [2H]c1c([2H])c(C(C)(C)C)c([2H])c([2H])c1N1c2c([2H])c([2H])c(C(C)(C)C)c([2H])c2B2c3c([2H])c(C(C)(C)C)c([2H])c([2H])c3N(c3c([2H])c([2H])c(C(C)(C)C)c([2H])c3[2H])c3c([2H])c(C45CC6C7CC8CC6C(C4)C(C8)C7C5)c([2H])c1c32. The molecule has 5 aromatic carbocycles. The number of rotatable bonds is 3. The number of anilines is 6. The lowest BCUT2D eigenvalue weighted by Gasteiger charge is -2.72. The van der Waals surface area contributed by atoms with Gasteiger partial charge in [-0.2, -0.15) is 0 Å². The number of benzene rings is 5. The minimum Gasteiger partial charge on any atom is -0.311 e. The van der Waals surface area contributed by atoms with E-state index in [2.05, 4.69) is 0 Å². The molecule has 0 unspecified atom stereocenters. The van der Waals surface area contributed by atoms with Crippen LogP contribution >= 0.6 is 0 Å². The Balaban J connectivity index is 1.34. The third kappa shape index (κ3) is 5.88. The Kier molecular flexibility index (Phi) is 5.49. The molecule has 8 bridgehead atoms. The largest absolute Gasteiger partial charge is 0.311 e. The van der Waals surface area contributed by atoms with E-state index in [0.717, 1.165) is 19.3 Å². The minimum atomic E-state index is -1.42. The molecule has 63 heavy (non-hydrogen) atoms. The summed E-state index contributed by atoms with van der Waals surface area (Å²) < 4.78 is 162. The van der Waals surface area contributed by atoms with Crippen LogP contribution in [0.2, 0.25) is 0 Å². The number of hydrogen-bond donors (Lipinski definition) is 0. The van der Waals surface area contributed by atoms with Crippen molar-refractivity contribution >= 4 is 57.2 Å². The van der Waals surface area contributed by atoms with Crippen LogP contribution in [0.1, 0.15) is 171 Å². The van der Waals surface area contributed by atoms with Crippen LogP contribution < -0.4 is 26.2 Å². The Bertz CT molecular complexity index is 3300. The second-order valence-electron chi connectivity index (χ2n) is 24.8. The Morgan fingerprint density at radius 2 is 0.794 bits per heavy atom. The fourth-order valence-corrected chi connectivity index (χ4v) is 13.7. The molecule has 0 saturated heterocycles. The van der Waals surface area contributed by atoms with Gasteiger partial charge in [-0.05, 0) is 200 Å². The smallest absolute Gasteiger partial charge is 0.252 e. The molecule has 0 spiro atoms. The Morgan fingerprint density at radius 1 is 0.444 bits per heavy atom. The summed E-state index contributed by atoms with van der Waals surface area (Å²) in [5.74, 6) is 3.23. The van der Waals surface area contributed by atoms with Gasteiger partial charge in [0.25, 0.3) is 6.71 Å². The zero-order valence-electron chi connectivity index (χ0n) is 55.3. The molecule has 2 aliphatic heterocycles. The van der Waals surface area contributed by atoms with E-state index in [1.54, 1.807) is 41.5 Å². The van der Waals surface area contributed by atoms with Gasteiger partial charge in [0.2, 0.25) is 0 Å². The average molecular weight is 847 g/mol. The van der Waals surface area contributed by atoms with Crippen LogP contribution in [0.3, 0.4) is 0 Å². The summed E-state index contributed by atoms with van der Waals surface area (Å²) >= 11 is 0. The van der Waals surface area contributed by atoms with Crippen LogP contribution in [-0.4, -0.2) is 6.71 Å². The molecule has 14 rings (SSSR count). The van der Waals surface area contributed by atoms with Gasteiger partial charge in [0.05, 0.1) is 21.9 Å². The van der Waals surface area contributed by atoms with Crippen molar-refractivity contribution in [3.05, 3.63) is 124 Å². The van der Waals surface area contributed by atoms with Gasteiger partial charge in [-0.1, -0.05) is 131 Å². The number of nitrogens with zero attached hydrogens (tertiary/aromatic N) is 2. The number of fused-ring (bicyclic) bond motifs is 4.